The van der Waals surface area contributed by atoms with Crippen LogP contribution in [-0.4, -0.2) is 40.6 Å². The molecule has 0 unspecified atom stereocenters. The molecule has 0 bridgehead atoms. The number of hydrogen-bond donors (Lipinski definition) is 0. The zero-order valence-electron chi connectivity index (χ0n) is 18.6. The molecule has 33 heavy (non-hydrogen) atoms. The maximum atomic E-state index is 13.4. The lowest BCUT2D eigenvalue weighted by molar-refractivity contribution is 0.395. The topological polar surface area (TPSA) is 71.3 Å². The highest BCUT2D eigenvalue weighted by atomic mass is 32.2. The van der Waals surface area contributed by atoms with Gasteiger partial charge in [-0.2, -0.15) is 0 Å². The molecule has 170 valence electrons. The van der Waals surface area contributed by atoms with Crippen LogP contribution in [0, 0.1) is 0 Å². The minimum atomic E-state index is -3.62. The van der Waals surface area contributed by atoms with Gasteiger partial charge in [-0.15, -0.1) is 10.2 Å². The first kappa shape index (κ1) is 21.5. The molecule has 0 radical (unpaired) electrons. The van der Waals surface area contributed by atoms with E-state index in [-0.39, 0.29) is 0 Å². The Morgan fingerprint density at radius 1 is 0.909 bits per heavy atom. The van der Waals surface area contributed by atoms with Crippen molar-refractivity contribution in [3.05, 3.63) is 96.2 Å². The lowest BCUT2D eigenvalue weighted by atomic mass is 10.0. The molecule has 1 fully saturated rings. The first-order valence-corrected chi connectivity index (χ1v) is 12.6. The van der Waals surface area contributed by atoms with Gasteiger partial charge in [-0.25, -0.2) is 8.42 Å². The predicted molar refractivity (Wildman–Crippen MR) is 130 cm³/mol. The number of nitrogens with zero attached hydrogens (tertiary/aromatic N) is 5. The van der Waals surface area contributed by atoms with Crippen LogP contribution < -0.4 is 4.90 Å². The molecule has 0 atom stereocenters. The summed E-state index contributed by atoms with van der Waals surface area (Å²) in [5, 5.41) is 7.83. The maximum Gasteiger partial charge on any atom is 0.264 e. The second-order valence-corrected chi connectivity index (χ2v) is 10.3. The highest BCUT2D eigenvalue weighted by Crippen LogP contribution is 2.33. The predicted octanol–water partition coefficient (Wildman–Crippen LogP) is 4.21. The normalized spacial score (nSPS) is 18.7. The van der Waals surface area contributed by atoms with Gasteiger partial charge in [0.1, 0.15) is 12.7 Å². The molecule has 7 nitrogen and oxygen atoms in total. The van der Waals surface area contributed by atoms with E-state index in [9.17, 15) is 8.42 Å². The van der Waals surface area contributed by atoms with E-state index in [2.05, 4.69) is 31.8 Å². The molecule has 3 aromatic rings. The molecule has 5 rings (SSSR count). The average Bonchev–Trinajstić information content (AvgIpc) is 3.38. The number of benzene rings is 2. The molecule has 0 N–H and O–H groups in total. The van der Waals surface area contributed by atoms with Crippen LogP contribution in [0.2, 0.25) is 0 Å². The van der Waals surface area contributed by atoms with Crippen molar-refractivity contribution in [3.63, 3.8) is 0 Å². The molecule has 2 aliphatic heterocycles. The first-order valence-electron chi connectivity index (χ1n) is 11.2. The zero-order chi connectivity index (χ0) is 22.8. The largest absolute Gasteiger partial charge is 0.371 e. The molecule has 3 heterocycles. The van der Waals surface area contributed by atoms with E-state index in [0.717, 1.165) is 37.2 Å². The van der Waals surface area contributed by atoms with Gasteiger partial charge in [0.05, 0.1) is 11.4 Å². The smallest absolute Gasteiger partial charge is 0.264 e. The number of piperidine rings is 1. The Bertz CT molecular complexity index is 1260. The van der Waals surface area contributed by atoms with Crippen molar-refractivity contribution in [3.8, 4) is 0 Å². The highest BCUT2D eigenvalue weighted by Gasteiger charge is 2.30. The van der Waals surface area contributed by atoms with Gasteiger partial charge in [0.2, 0.25) is 0 Å². The summed E-state index contributed by atoms with van der Waals surface area (Å²) < 4.78 is 30.3. The lowest BCUT2D eigenvalue weighted by Crippen LogP contribution is -2.34. The summed E-state index contributed by atoms with van der Waals surface area (Å²) in [6.45, 7) is 4.08. The van der Waals surface area contributed by atoms with Gasteiger partial charge in [0.15, 0.2) is 0 Å². The third-order valence-electron chi connectivity index (χ3n) is 6.45. The Balaban J connectivity index is 1.27. The van der Waals surface area contributed by atoms with Gasteiger partial charge in [-0.1, -0.05) is 42.5 Å². The Hall–Kier alpha value is -3.39. The molecular weight excluding hydrogens is 434 g/mol. The number of allylic oxidation sites excluding steroid dienone is 3. The highest BCUT2D eigenvalue weighted by molar-refractivity contribution is 7.98. The van der Waals surface area contributed by atoms with Gasteiger partial charge in [0.25, 0.3) is 10.0 Å². The maximum absolute atomic E-state index is 13.4. The molecular formula is C25H27N5O2S. The number of hydrogen-bond acceptors (Lipinski definition) is 5. The lowest BCUT2D eigenvalue weighted by Gasteiger charge is -2.34. The molecule has 0 amide bonds. The van der Waals surface area contributed by atoms with Crippen molar-refractivity contribution in [2.45, 2.75) is 32.4 Å². The van der Waals surface area contributed by atoms with E-state index in [1.165, 1.54) is 9.99 Å². The molecule has 0 saturated carbocycles. The van der Waals surface area contributed by atoms with Crippen molar-refractivity contribution < 1.29 is 8.42 Å². The van der Waals surface area contributed by atoms with E-state index < -0.39 is 10.0 Å². The monoisotopic (exact) mass is 461 g/mol. The fraction of sp³-hybridized carbons (Fsp3) is 0.280. The number of sulfonamides is 1. The summed E-state index contributed by atoms with van der Waals surface area (Å²) in [5.74, 6) is 0. The van der Waals surface area contributed by atoms with E-state index in [1.807, 2.05) is 55.5 Å². The summed E-state index contributed by atoms with van der Waals surface area (Å²) in [6.07, 6.45) is 9.24. The van der Waals surface area contributed by atoms with Crippen LogP contribution in [0.5, 0.6) is 0 Å². The van der Waals surface area contributed by atoms with Crippen molar-refractivity contribution in [2.24, 2.45) is 0 Å². The van der Waals surface area contributed by atoms with Gasteiger partial charge in [0, 0.05) is 30.5 Å². The van der Waals surface area contributed by atoms with E-state index in [0.29, 0.717) is 23.1 Å². The van der Waals surface area contributed by atoms with Gasteiger partial charge in [-0.3, -0.25) is 4.31 Å². The number of rotatable bonds is 5. The summed E-state index contributed by atoms with van der Waals surface area (Å²) in [4.78, 5) is 2.71. The van der Waals surface area contributed by atoms with Gasteiger partial charge in [-0.05, 0) is 55.2 Å². The Morgan fingerprint density at radius 2 is 1.58 bits per heavy atom. The van der Waals surface area contributed by atoms with Crippen LogP contribution >= 0.6 is 0 Å². The zero-order valence-corrected chi connectivity index (χ0v) is 19.4. The van der Waals surface area contributed by atoms with E-state index in [4.69, 9.17) is 0 Å². The average molecular weight is 462 g/mol. The molecule has 2 aliphatic rings. The van der Waals surface area contributed by atoms with Crippen molar-refractivity contribution in [1.29, 1.82) is 0 Å². The van der Waals surface area contributed by atoms with Crippen LogP contribution in [0.3, 0.4) is 0 Å². The number of aromatic nitrogens is 3. The summed E-state index contributed by atoms with van der Waals surface area (Å²) in [5.41, 5.74) is 3.55. The van der Waals surface area contributed by atoms with Crippen molar-refractivity contribution in [2.75, 3.05) is 18.0 Å². The quantitative estimate of drug-likeness (QED) is 0.569. The molecule has 2 aromatic carbocycles. The minimum absolute atomic E-state index is 0.310. The summed E-state index contributed by atoms with van der Waals surface area (Å²) in [6, 6.07) is 18.0. The van der Waals surface area contributed by atoms with Crippen molar-refractivity contribution >= 4 is 20.6 Å². The fourth-order valence-electron chi connectivity index (χ4n) is 4.53. The fourth-order valence-corrected chi connectivity index (χ4v) is 6.20. The molecule has 0 spiro atoms. The summed E-state index contributed by atoms with van der Waals surface area (Å²) in [7, 11) is -3.62. The van der Waals surface area contributed by atoms with E-state index >= 15 is 0 Å². The molecule has 8 heteroatoms. The van der Waals surface area contributed by atoms with Crippen molar-refractivity contribution in [1.82, 2.24) is 19.1 Å². The standard InChI is InChI=1S/C25H27N5O2S/c1-20-7-12-25(22-5-3-2-4-6-22)33(31,32)30(20)17-21-8-10-23(11-9-21)28-15-13-24(14-16-28)29-18-26-27-19-29/h2-12,18-19,24H,13-17H2,1H3. The first-order chi connectivity index (χ1) is 16.0. The molecule has 1 aromatic heterocycles. The summed E-state index contributed by atoms with van der Waals surface area (Å²) >= 11 is 0. The van der Waals surface area contributed by atoms with Crippen LogP contribution in [0.25, 0.3) is 4.91 Å². The van der Waals surface area contributed by atoms with Crippen LogP contribution in [-0.2, 0) is 16.6 Å². The Kier molecular flexibility index (Phi) is 5.76. The molecule has 1 saturated heterocycles. The minimum Gasteiger partial charge on any atom is -0.371 e. The third kappa shape index (κ3) is 4.30. The SMILES string of the molecule is CC1=CC=C(c2ccccc2)S(=O)(=O)N1Cc1ccc(N2CCC(n3cnnc3)CC2)cc1. The second kappa shape index (κ2) is 8.86. The van der Waals surface area contributed by atoms with Crippen LogP contribution in [0.4, 0.5) is 5.69 Å². The molecule has 0 aliphatic carbocycles. The van der Waals surface area contributed by atoms with Crippen LogP contribution in [0.15, 0.2) is 85.1 Å². The Morgan fingerprint density at radius 3 is 2.24 bits per heavy atom. The van der Waals surface area contributed by atoms with E-state index in [1.54, 1.807) is 18.7 Å². The van der Waals surface area contributed by atoms with Gasteiger partial charge < -0.3 is 9.47 Å². The van der Waals surface area contributed by atoms with Crippen LogP contribution in [0.1, 0.15) is 36.9 Å². The third-order valence-corrected chi connectivity index (χ3v) is 8.37. The number of anilines is 1. The Labute approximate surface area is 194 Å². The second-order valence-electron chi connectivity index (χ2n) is 8.51. The van der Waals surface area contributed by atoms with Gasteiger partial charge >= 0.3 is 0 Å².